The molecule has 2 rings (SSSR count). The Morgan fingerprint density at radius 1 is 1.33 bits per heavy atom. The van der Waals surface area contributed by atoms with Crippen LogP contribution in [0.1, 0.15) is 21.6 Å². The molecule has 0 aliphatic carbocycles. The molecule has 3 N–H and O–H groups in total. The summed E-state index contributed by atoms with van der Waals surface area (Å²) < 4.78 is 0. The van der Waals surface area contributed by atoms with Gasteiger partial charge in [-0.15, -0.1) is 0 Å². The molecule has 1 aromatic carbocycles. The van der Waals surface area contributed by atoms with Gasteiger partial charge < -0.3 is 15.4 Å². The Labute approximate surface area is 121 Å². The number of benzene rings is 1. The maximum atomic E-state index is 12.0. The second-order valence-corrected chi connectivity index (χ2v) is 4.37. The van der Waals surface area contributed by atoms with Crippen molar-refractivity contribution in [3.8, 4) is 11.8 Å². The molecule has 1 heterocycles. The first-order valence-electron chi connectivity index (χ1n) is 6.31. The van der Waals surface area contributed by atoms with Crippen molar-refractivity contribution in [2.75, 3.05) is 11.9 Å². The molecule has 0 radical (unpaired) electrons. The lowest BCUT2D eigenvalue weighted by atomic mass is 10.1. The Morgan fingerprint density at radius 2 is 2.14 bits per heavy atom. The third-order valence-electron chi connectivity index (χ3n) is 2.80. The molecule has 0 unspecified atom stereocenters. The van der Waals surface area contributed by atoms with Crippen LogP contribution in [-0.4, -0.2) is 22.6 Å². The molecule has 5 nitrogen and oxygen atoms in total. The molecular weight excluding hydrogens is 268 g/mol. The number of aliphatic hydroxyl groups is 1. The van der Waals surface area contributed by atoms with Gasteiger partial charge in [0, 0.05) is 17.3 Å². The summed E-state index contributed by atoms with van der Waals surface area (Å²) in [4.78, 5) is 25.6. The average Bonchev–Trinajstić information content (AvgIpc) is 2.46. The number of carbonyl (C=O) groups excluding carboxylic acids is 1. The summed E-state index contributed by atoms with van der Waals surface area (Å²) in [5.41, 5.74) is 2.15. The van der Waals surface area contributed by atoms with E-state index in [9.17, 15) is 9.59 Å². The van der Waals surface area contributed by atoms with E-state index < -0.39 is 0 Å². The number of hydrogen-bond donors (Lipinski definition) is 3. The minimum Gasteiger partial charge on any atom is -0.384 e. The van der Waals surface area contributed by atoms with Crippen molar-refractivity contribution in [3.63, 3.8) is 0 Å². The molecule has 2 aromatic rings. The Kier molecular flexibility index (Phi) is 4.54. The lowest BCUT2D eigenvalue weighted by Crippen LogP contribution is -2.17. The SMILES string of the molecule is Cc1cc(NC(=O)c2cccc(=O)[nH]2)ccc1C#CCO. The molecule has 0 saturated carbocycles. The number of amides is 1. The van der Waals surface area contributed by atoms with E-state index in [2.05, 4.69) is 22.1 Å². The van der Waals surface area contributed by atoms with Gasteiger partial charge in [0.25, 0.3) is 5.91 Å². The monoisotopic (exact) mass is 282 g/mol. The molecule has 0 saturated heterocycles. The summed E-state index contributed by atoms with van der Waals surface area (Å²) in [7, 11) is 0. The Bertz CT molecular complexity index is 782. The van der Waals surface area contributed by atoms with Gasteiger partial charge in [-0.1, -0.05) is 17.9 Å². The van der Waals surface area contributed by atoms with Crippen molar-refractivity contribution >= 4 is 11.6 Å². The van der Waals surface area contributed by atoms with Crippen molar-refractivity contribution in [2.45, 2.75) is 6.92 Å². The highest BCUT2D eigenvalue weighted by Gasteiger charge is 2.07. The van der Waals surface area contributed by atoms with E-state index in [0.29, 0.717) is 5.69 Å². The van der Waals surface area contributed by atoms with Gasteiger partial charge in [-0.2, -0.15) is 0 Å². The fraction of sp³-hybridized carbons (Fsp3) is 0.125. The molecule has 21 heavy (non-hydrogen) atoms. The topological polar surface area (TPSA) is 82.2 Å². The fourth-order valence-electron chi connectivity index (χ4n) is 1.80. The number of pyridine rings is 1. The Hall–Kier alpha value is -2.84. The summed E-state index contributed by atoms with van der Waals surface area (Å²) in [6.07, 6.45) is 0. The standard InChI is InChI=1S/C16H14N2O3/c1-11-10-13(8-7-12(11)4-3-9-19)17-16(21)14-5-2-6-15(20)18-14/h2,5-8,10,19H,9H2,1H3,(H,17,21)(H,18,20). The van der Waals surface area contributed by atoms with Crippen LogP contribution in [0.25, 0.3) is 0 Å². The third kappa shape index (κ3) is 3.81. The van der Waals surface area contributed by atoms with E-state index in [1.165, 1.54) is 18.2 Å². The summed E-state index contributed by atoms with van der Waals surface area (Å²) in [6.45, 7) is 1.67. The first-order valence-corrected chi connectivity index (χ1v) is 6.31. The maximum absolute atomic E-state index is 12.0. The highest BCUT2D eigenvalue weighted by molar-refractivity contribution is 6.02. The van der Waals surface area contributed by atoms with Gasteiger partial charge in [0.1, 0.15) is 12.3 Å². The lowest BCUT2D eigenvalue weighted by molar-refractivity contribution is 0.102. The van der Waals surface area contributed by atoms with Gasteiger partial charge in [-0.3, -0.25) is 9.59 Å². The first kappa shape index (κ1) is 14.6. The minimum atomic E-state index is -0.388. The van der Waals surface area contributed by atoms with Crippen LogP contribution in [0.3, 0.4) is 0 Å². The molecule has 1 aromatic heterocycles. The fourth-order valence-corrected chi connectivity index (χ4v) is 1.80. The number of aromatic amines is 1. The Morgan fingerprint density at radius 3 is 2.81 bits per heavy atom. The quantitative estimate of drug-likeness (QED) is 0.726. The third-order valence-corrected chi connectivity index (χ3v) is 2.80. The van der Waals surface area contributed by atoms with E-state index >= 15 is 0 Å². The highest BCUT2D eigenvalue weighted by Crippen LogP contribution is 2.15. The molecule has 0 spiro atoms. The van der Waals surface area contributed by atoms with Crippen LogP contribution in [0.15, 0.2) is 41.2 Å². The van der Waals surface area contributed by atoms with Gasteiger partial charge >= 0.3 is 0 Å². The van der Waals surface area contributed by atoms with E-state index in [4.69, 9.17) is 5.11 Å². The van der Waals surface area contributed by atoms with Crippen LogP contribution in [0.2, 0.25) is 0 Å². The maximum Gasteiger partial charge on any atom is 0.272 e. The number of anilines is 1. The van der Waals surface area contributed by atoms with Crippen LogP contribution < -0.4 is 10.9 Å². The van der Waals surface area contributed by atoms with Crippen LogP contribution in [0, 0.1) is 18.8 Å². The van der Waals surface area contributed by atoms with Crippen molar-refractivity contribution < 1.29 is 9.90 Å². The predicted octanol–water partition coefficient (Wildman–Crippen LogP) is 1.28. The van der Waals surface area contributed by atoms with Crippen LogP contribution in [0.4, 0.5) is 5.69 Å². The summed E-state index contributed by atoms with van der Waals surface area (Å²) in [5.74, 6) is 5.01. The number of aliphatic hydroxyl groups excluding tert-OH is 1. The Balaban J connectivity index is 2.18. The van der Waals surface area contributed by atoms with E-state index in [-0.39, 0.29) is 23.8 Å². The highest BCUT2D eigenvalue weighted by atomic mass is 16.2. The second-order valence-electron chi connectivity index (χ2n) is 4.37. The van der Waals surface area contributed by atoms with Crippen molar-refractivity contribution in [3.05, 3.63) is 63.6 Å². The molecule has 0 fully saturated rings. The van der Waals surface area contributed by atoms with Crippen molar-refractivity contribution in [2.24, 2.45) is 0 Å². The van der Waals surface area contributed by atoms with Gasteiger partial charge in [-0.25, -0.2) is 0 Å². The minimum absolute atomic E-state index is 0.195. The molecule has 0 bridgehead atoms. The van der Waals surface area contributed by atoms with Crippen LogP contribution in [-0.2, 0) is 0 Å². The van der Waals surface area contributed by atoms with Crippen LogP contribution >= 0.6 is 0 Å². The molecule has 0 aliphatic rings. The second kappa shape index (κ2) is 6.55. The first-order chi connectivity index (χ1) is 10.1. The zero-order valence-electron chi connectivity index (χ0n) is 11.4. The zero-order chi connectivity index (χ0) is 15.2. The number of aryl methyl sites for hydroxylation is 1. The number of nitrogens with one attached hydrogen (secondary N) is 2. The largest absolute Gasteiger partial charge is 0.384 e. The van der Waals surface area contributed by atoms with Gasteiger partial charge in [-0.05, 0) is 36.8 Å². The van der Waals surface area contributed by atoms with Crippen LogP contribution in [0.5, 0.6) is 0 Å². The van der Waals surface area contributed by atoms with Crippen molar-refractivity contribution in [1.82, 2.24) is 4.98 Å². The molecular formula is C16H14N2O3. The zero-order valence-corrected chi connectivity index (χ0v) is 11.4. The van der Waals surface area contributed by atoms with E-state index in [1.807, 2.05) is 6.92 Å². The molecule has 1 amide bonds. The molecule has 106 valence electrons. The predicted molar refractivity (Wildman–Crippen MR) is 80.2 cm³/mol. The summed E-state index contributed by atoms with van der Waals surface area (Å²) >= 11 is 0. The summed E-state index contributed by atoms with van der Waals surface area (Å²) in [6, 6.07) is 9.65. The smallest absolute Gasteiger partial charge is 0.272 e. The number of aromatic nitrogens is 1. The lowest BCUT2D eigenvalue weighted by Gasteiger charge is -2.07. The number of H-pyrrole nitrogens is 1. The van der Waals surface area contributed by atoms with Gasteiger partial charge in [0.05, 0.1) is 0 Å². The number of carbonyl (C=O) groups is 1. The number of hydrogen-bond acceptors (Lipinski definition) is 3. The van der Waals surface area contributed by atoms with E-state index in [0.717, 1.165) is 11.1 Å². The number of rotatable bonds is 2. The normalized spacial score (nSPS) is 9.62. The molecule has 5 heteroatoms. The molecule has 0 atom stereocenters. The van der Waals surface area contributed by atoms with Gasteiger partial charge in [0.15, 0.2) is 0 Å². The summed E-state index contributed by atoms with van der Waals surface area (Å²) in [5, 5.41) is 11.4. The van der Waals surface area contributed by atoms with E-state index in [1.54, 1.807) is 18.2 Å². The van der Waals surface area contributed by atoms with Crippen molar-refractivity contribution in [1.29, 1.82) is 0 Å². The van der Waals surface area contributed by atoms with Gasteiger partial charge in [0.2, 0.25) is 5.56 Å². The molecule has 0 aliphatic heterocycles. The average molecular weight is 282 g/mol.